The fraction of sp³-hybridized carbons (Fsp3) is 1.00. The highest BCUT2D eigenvalue weighted by Gasteiger charge is 2.41. The Morgan fingerprint density at radius 2 is 2.07 bits per heavy atom. The summed E-state index contributed by atoms with van der Waals surface area (Å²) in [4.78, 5) is 0. The Hall–Kier alpha value is -0.220. The molecule has 0 aromatic rings. The number of rotatable bonds is 3. The number of alkyl halides is 2. The highest BCUT2D eigenvalue weighted by atomic mass is 19.3. The van der Waals surface area contributed by atoms with Crippen molar-refractivity contribution in [3.63, 3.8) is 0 Å². The zero-order valence-electron chi connectivity index (χ0n) is 8.63. The van der Waals surface area contributed by atoms with Gasteiger partial charge in [0.1, 0.15) is 0 Å². The lowest BCUT2D eigenvalue weighted by Gasteiger charge is -2.26. The van der Waals surface area contributed by atoms with Crippen molar-refractivity contribution in [2.45, 2.75) is 57.2 Å². The highest BCUT2D eigenvalue weighted by molar-refractivity contribution is 4.86. The van der Waals surface area contributed by atoms with E-state index in [9.17, 15) is 19.0 Å². The summed E-state index contributed by atoms with van der Waals surface area (Å²) in [5.74, 6) is -2.73. The van der Waals surface area contributed by atoms with Gasteiger partial charge in [0.2, 0.25) is 5.92 Å². The quantitative estimate of drug-likeness (QED) is 0.744. The molecule has 0 amide bonds. The minimum absolute atomic E-state index is 0.0871. The van der Waals surface area contributed by atoms with Crippen molar-refractivity contribution in [1.82, 2.24) is 0 Å². The number of aliphatic hydroxyl groups excluding tert-OH is 1. The smallest absolute Gasteiger partial charge is 0.248 e. The van der Waals surface area contributed by atoms with Crippen molar-refractivity contribution < 1.29 is 19.0 Å². The van der Waals surface area contributed by atoms with Crippen LogP contribution in [0.15, 0.2) is 0 Å². The molecule has 84 valence electrons. The molecule has 1 aliphatic rings. The van der Waals surface area contributed by atoms with Crippen LogP contribution >= 0.6 is 0 Å². The molecule has 1 rings (SSSR count). The average Bonchev–Trinajstić information content (AvgIpc) is 2.28. The topological polar surface area (TPSA) is 40.5 Å². The molecular formula is C10H18F2O2. The van der Waals surface area contributed by atoms with E-state index < -0.39 is 17.6 Å². The number of hydrogen-bond donors (Lipinski definition) is 2. The summed E-state index contributed by atoms with van der Waals surface area (Å²) in [7, 11) is 0. The molecular weight excluding hydrogens is 190 g/mol. The summed E-state index contributed by atoms with van der Waals surface area (Å²) in [6.45, 7) is 2.98. The van der Waals surface area contributed by atoms with Crippen molar-refractivity contribution in [3.8, 4) is 0 Å². The first-order valence-corrected chi connectivity index (χ1v) is 4.99. The van der Waals surface area contributed by atoms with Gasteiger partial charge in [0.15, 0.2) is 0 Å². The van der Waals surface area contributed by atoms with Crippen LogP contribution < -0.4 is 0 Å². The van der Waals surface area contributed by atoms with Gasteiger partial charge in [-0.2, -0.15) is 0 Å². The summed E-state index contributed by atoms with van der Waals surface area (Å²) in [6, 6.07) is 0. The van der Waals surface area contributed by atoms with E-state index in [2.05, 4.69) is 0 Å². The van der Waals surface area contributed by atoms with Crippen LogP contribution in [0.5, 0.6) is 0 Å². The Balaban J connectivity index is 2.40. The van der Waals surface area contributed by atoms with Gasteiger partial charge < -0.3 is 10.2 Å². The van der Waals surface area contributed by atoms with E-state index in [1.165, 1.54) is 13.8 Å². The summed E-state index contributed by atoms with van der Waals surface area (Å²) in [5.41, 5.74) is -1.20. The molecule has 0 aromatic heterocycles. The molecule has 1 saturated carbocycles. The van der Waals surface area contributed by atoms with Gasteiger partial charge in [0.05, 0.1) is 11.7 Å². The summed E-state index contributed by atoms with van der Waals surface area (Å²) in [6.07, 6.45) is -0.447. The van der Waals surface area contributed by atoms with E-state index in [1.54, 1.807) is 0 Å². The number of halogens is 2. The lowest BCUT2D eigenvalue weighted by atomic mass is 9.91. The van der Waals surface area contributed by atoms with Gasteiger partial charge in [-0.1, -0.05) is 0 Å². The molecule has 2 N–H and O–H groups in total. The minimum atomic E-state index is -2.57. The predicted molar refractivity (Wildman–Crippen MR) is 49.2 cm³/mol. The summed E-state index contributed by atoms with van der Waals surface area (Å²) < 4.78 is 25.6. The van der Waals surface area contributed by atoms with Gasteiger partial charge in [0, 0.05) is 12.8 Å². The molecule has 1 aliphatic carbocycles. The fourth-order valence-corrected chi connectivity index (χ4v) is 1.85. The van der Waals surface area contributed by atoms with Crippen LogP contribution in [0.3, 0.4) is 0 Å². The predicted octanol–water partition coefficient (Wildman–Crippen LogP) is 1.94. The third-order valence-electron chi connectivity index (χ3n) is 2.88. The van der Waals surface area contributed by atoms with Crippen molar-refractivity contribution in [3.05, 3.63) is 0 Å². The van der Waals surface area contributed by atoms with Crippen molar-refractivity contribution in [1.29, 1.82) is 0 Å². The molecule has 14 heavy (non-hydrogen) atoms. The monoisotopic (exact) mass is 208 g/mol. The number of aliphatic hydroxyl groups is 2. The molecule has 0 aliphatic heterocycles. The lowest BCUT2D eigenvalue weighted by Crippen LogP contribution is -2.37. The number of hydrogen-bond acceptors (Lipinski definition) is 2. The Morgan fingerprint density at radius 1 is 1.50 bits per heavy atom. The van der Waals surface area contributed by atoms with Crippen LogP contribution in [0.25, 0.3) is 0 Å². The Morgan fingerprint density at radius 3 is 2.43 bits per heavy atom. The van der Waals surface area contributed by atoms with E-state index in [4.69, 9.17) is 0 Å². The van der Waals surface area contributed by atoms with E-state index in [1.807, 2.05) is 0 Å². The van der Waals surface area contributed by atoms with Gasteiger partial charge in [-0.15, -0.1) is 0 Å². The molecule has 0 aromatic carbocycles. The summed E-state index contributed by atoms with van der Waals surface area (Å²) in [5, 5.41) is 19.0. The Bertz CT molecular complexity index is 199. The van der Waals surface area contributed by atoms with Crippen molar-refractivity contribution in [2.24, 2.45) is 5.92 Å². The van der Waals surface area contributed by atoms with Crippen LogP contribution in [0.4, 0.5) is 8.78 Å². The Labute approximate surface area is 82.9 Å². The minimum Gasteiger partial charge on any atom is -0.390 e. The maximum absolute atomic E-state index is 12.8. The SMILES string of the molecule is CC(C)(O)C(O)CC1CCC(F)(F)C1. The molecule has 0 bridgehead atoms. The van der Waals surface area contributed by atoms with Gasteiger partial charge in [-0.05, 0) is 32.6 Å². The second-order valence-electron chi connectivity index (χ2n) is 4.87. The molecule has 2 unspecified atom stereocenters. The van der Waals surface area contributed by atoms with Crippen LogP contribution in [-0.2, 0) is 0 Å². The maximum Gasteiger partial charge on any atom is 0.248 e. The van der Waals surface area contributed by atoms with Gasteiger partial charge in [-0.25, -0.2) is 8.78 Å². The van der Waals surface area contributed by atoms with Gasteiger partial charge in [0.25, 0.3) is 0 Å². The largest absolute Gasteiger partial charge is 0.390 e. The third-order valence-corrected chi connectivity index (χ3v) is 2.88. The van der Waals surface area contributed by atoms with E-state index >= 15 is 0 Å². The van der Waals surface area contributed by atoms with Gasteiger partial charge >= 0.3 is 0 Å². The first-order valence-electron chi connectivity index (χ1n) is 4.99. The van der Waals surface area contributed by atoms with Crippen LogP contribution in [0.1, 0.15) is 39.5 Å². The molecule has 0 heterocycles. The van der Waals surface area contributed by atoms with E-state index in [-0.39, 0.29) is 25.2 Å². The zero-order valence-corrected chi connectivity index (χ0v) is 8.63. The zero-order chi connectivity index (χ0) is 11.0. The Kier molecular flexibility index (Phi) is 3.17. The van der Waals surface area contributed by atoms with Crippen molar-refractivity contribution >= 4 is 0 Å². The molecule has 0 saturated heterocycles. The molecule has 2 atom stereocenters. The molecule has 0 spiro atoms. The van der Waals surface area contributed by atoms with Crippen LogP contribution in [-0.4, -0.2) is 27.8 Å². The second-order valence-corrected chi connectivity index (χ2v) is 4.87. The molecule has 0 radical (unpaired) electrons. The fourth-order valence-electron chi connectivity index (χ4n) is 1.85. The van der Waals surface area contributed by atoms with E-state index in [0.717, 1.165) is 0 Å². The third kappa shape index (κ3) is 3.17. The molecule has 1 fully saturated rings. The first kappa shape index (κ1) is 11.9. The van der Waals surface area contributed by atoms with Crippen LogP contribution in [0.2, 0.25) is 0 Å². The molecule has 4 heteroatoms. The standard InChI is InChI=1S/C10H18F2O2/c1-9(2,14)8(13)5-7-3-4-10(11,12)6-7/h7-8,13-14H,3-6H2,1-2H3. The average molecular weight is 208 g/mol. The van der Waals surface area contributed by atoms with E-state index in [0.29, 0.717) is 6.42 Å². The molecule has 2 nitrogen and oxygen atoms in total. The normalized spacial score (nSPS) is 29.1. The van der Waals surface area contributed by atoms with Crippen LogP contribution in [0, 0.1) is 5.92 Å². The summed E-state index contributed by atoms with van der Waals surface area (Å²) >= 11 is 0. The highest BCUT2D eigenvalue weighted by Crippen LogP contribution is 2.41. The first-order chi connectivity index (χ1) is 6.21. The second kappa shape index (κ2) is 3.74. The lowest BCUT2D eigenvalue weighted by molar-refractivity contribution is -0.0610. The van der Waals surface area contributed by atoms with Crippen molar-refractivity contribution in [2.75, 3.05) is 0 Å². The van der Waals surface area contributed by atoms with Gasteiger partial charge in [-0.3, -0.25) is 0 Å². The maximum atomic E-state index is 12.8.